The largest absolute Gasteiger partial charge is 0.356 e. The predicted molar refractivity (Wildman–Crippen MR) is 208 cm³/mol. The summed E-state index contributed by atoms with van der Waals surface area (Å²) in [5, 5.41) is 9.58. The standard InChI is InChI=1S/C44H73N3O3/c1-34-20-15-16-21-36(34)27-28-37-22-19-31-44(3)39(29-30-40(37)44)35(2)43(50)46-33-18-17-32-45-41(48)25-13-9-10-14-26-42(49)47-38-23-11-7-5-4-6-8-12-24-38/h27-28,35,38-40H,1,4-26,29-33H2,2-3H3,(H,45,48)(H,46,50)(H,47,49)/b36-27-,37-28+/t35-,39?,40?,44+/m0/s1. The molecule has 282 valence electrons. The van der Waals surface area contributed by atoms with Crippen molar-refractivity contribution in [3.8, 4) is 0 Å². The number of amides is 3. The zero-order chi connectivity index (χ0) is 35.6. The minimum atomic E-state index is 0.0234. The van der Waals surface area contributed by atoms with Gasteiger partial charge in [-0.2, -0.15) is 0 Å². The molecule has 0 aliphatic heterocycles. The highest BCUT2D eigenvalue weighted by Gasteiger charge is 2.51. The molecule has 0 radical (unpaired) electrons. The molecule has 6 nitrogen and oxygen atoms in total. The van der Waals surface area contributed by atoms with Crippen LogP contribution in [0.15, 0.2) is 35.5 Å². The van der Waals surface area contributed by atoms with E-state index in [0.717, 1.165) is 64.2 Å². The van der Waals surface area contributed by atoms with Gasteiger partial charge in [-0.3, -0.25) is 14.4 Å². The summed E-state index contributed by atoms with van der Waals surface area (Å²) >= 11 is 0. The summed E-state index contributed by atoms with van der Waals surface area (Å²) in [6, 6.07) is 0.362. The van der Waals surface area contributed by atoms with Crippen LogP contribution in [0.25, 0.3) is 0 Å². The molecule has 4 atom stereocenters. The van der Waals surface area contributed by atoms with Crippen LogP contribution in [0.5, 0.6) is 0 Å². The molecule has 6 heteroatoms. The lowest BCUT2D eigenvalue weighted by Gasteiger charge is -2.44. The Morgan fingerprint density at radius 1 is 0.720 bits per heavy atom. The molecule has 3 amide bonds. The van der Waals surface area contributed by atoms with Crippen LogP contribution in [0, 0.1) is 23.2 Å². The third kappa shape index (κ3) is 13.0. The summed E-state index contributed by atoms with van der Waals surface area (Å²) in [5.41, 5.74) is 4.59. The van der Waals surface area contributed by atoms with Crippen LogP contribution in [-0.2, 0) is 14.4 Å². The van der Waals surface area contributed by atoms with Crippen molar-refractivity contribution >= 4 is 17.7 Å². The van der Waals surface area contributed by atoms with E-state index in [1.165, 1.54) is 101 Å². The Labute approximate surface area is 305 Å². The first-order chi connectivity index (χ1) is 24.3. The first kappa shape index (κ1) is 40.4. The van der Waals surface area contributed by atoms with Gasteiger partial charge < -0.3 is 16.0 Å². The molecule has 0 aromatic heterocycles. The SMILES string of the molecule is C=C1CCCC/C1=C/C=C1\CCC[C@@]2(C)C1CCC2[C@H](C)C(=O)NCCCCNC(=O)CCCCCCC(=O)NC1CCCCCCCCC1. The van der Waals surface area contributed by atoms with Gasteiger partial charge in [0.1, 0.15) is 0 Å². The van der Waals surface area contributed by atoms with Gasteiger partial charge in [-0.1, -0.05) is 102 Å². The van der Waals surface area contributed by atoms with Gasteiger partial charge in [0.05, 0.1) is 0 Å². The fourth-order valence-corrected chi connectivity index (χ4v) is 9.80. The van der Waals surface area contributed by atoms with Crippen LogP contribution in [0.1, 0.15) is 181 Å². The molecule has 2 unspecified atom stereocenters. The second-order valence-electron chi connectivity index (χ2n) is 16.7. The quantitative estimate of drug-likeness (QED) is 0.141. The van der Waals surface area contributed by atoms with Gasteiger partial charge in [0.25, 0.3) is 0 Å². The average Bonchev–Trinajstić information content (AvgIpc) is 3.47. The molecule has 4 rings (SSSR count). The first-order valence-corrected chi connectivity index (χ1v) is 21.2. The average molecular weight is 692 g/mol. The van der Waals surface area contributed by atoms with E-state index in [1.54, 1.807) is 5.57 Å². The number of hydrogen-bond donors (Lipinski definition) is 3. The normalized spacial score (nSPS) is 27.4. The van der Waals surface area contributed by atoms with E-state index < -0.39 is 0 Å². The zero-order valence-electron chi connectivity index (χ0n) is 32.2. The number of allylic oxidation sites excluding steroid dienone is 5. The van der Waals surface area contributed by atoms with E-state index in [2.05, 4.69) is 48.5 Å². The van der Waals surface area contributed by atoms with Crippen LogP contribution in [0.3, 0.4) is 0 Å². The van der Waals surface area contributed by atoms with E-state index in [1.807, 2.05) is 0 Å². The lowest BCUT2D eigenvalue weighted by atomic mass is 9.61. The van der Waals surface area contributed by atoms with Crippen LogP contribution in [-0.4, -0.2) is 36.9 Å². The van der Waals surface area contributed by atoms with E-state index in [0.29, 0.717) is 43.8 Å². The lowest BCUT2D eigenvalue weighted by Crippen LogP contribution is -2.41. The number of nitrogens with one attached hydrogen (secondary N) is 3. The Hall–Kier alpha value is -2.37. The molecule has 3 N–H and O–H groups in total. The molecule has 0 aromatic carbocycles. The highest BCUT2D eigenvalue weighted by atomic mass is 16.2. The van der Waals surface area contributed by atoms with Crippen molar-refractivity contribution in [1.82, 2.24) is 16.0 Å². The number of carbonyl (C=O) groups is 3. The molecule has 4 saturated carbocycles. The third-order valence-electron chi connectivity index (χ3n) is 12.9. The van der Waals surface area contributed by atoms with Crippen LogP contribution >= 0.6 is 0 Å². The fraction of sp³-hybridized carbons (Fsp3) is 0.795. The smallest absolute Gasteiger partial charge is 0.223 e. The van der Waals surface area contributed by atoms with E-state index in [4.69, 9.17) is 0 Å². The molecule has 4 fully saturated rings. The van der Waals surface area contributed by atoms with Crippen molar-refractivity contribution in [3.05, 3.63) is 35.5 Å². The lowest BCUT2D eigenvalue weighted by molar-refractivity contribution is -0.128. The van der Waals surface area contributed by atoms with Crippen molar-refractivity contribution in [3.63, 3.8) is 0 Å². The van der Waals surface area contributed by atoms with Gasteiger partial charge in [-0.25, -0.2) is 0 Å². The molecule has 4 aliphatic rings. The van der Waals surface area contributed by atoms with Crippen molar-refractivity contribution in [2.24, 2.45) is 23.2 Å². The second kappa shape index (κ2) is 21.9. The zero-order valence-corrected chi connectivity index (χ0v) is 32.2. The first-order valence-electron chi connectivity index (χ1n) is 21.2. The van der Waals surface area contributed by atoms with E-state index >= 15 is 0 Å². The van der Waals surface area contributed by atoms with Crippen molar-refractivity contribution in [2.45, 2.75) is 187 Å². The Bertz CT molecular complexity index is 1150. The summed E-state index contributed by atoms with van der Waals surface area (Å²) in [6.07, 6.45) is 33.7. The van der Waals surface area contributed by atoms with Crippen LogP contribution in [0.2, 0.25) is 0 Å². The van der Waals surface area contributed by atoms with Gasteiger partial charge in [0, 0.05) is 37.9 Å². The van der Waals surface area contributed by atoms with E-state index in [-0.39, 0.29) is 29.1 Å². The van der Waals surface area contributed by atoms with Crippen LogP contribution < -0.4 is 16.0 Å². The molecule has 4 aliphatic carbocycles. The summed E-state index contributed by atoms with van der Waals surface area (Å²) in [4.78, 5) is 38.1. The highest BCUT2D eigenvalue weighted by Crippen LogP contribution is 2.59. The Balaban J connectivity index is 1.02. The monoisotopic (exact) mass is 692 g/mol. The van der Waals surface area contributed by atoms with Crippen LogP contribution in [0.4, 0.5) is 0 Å². The molecule has 0 bridgehead atoms. The maximum atomic E-state index is 13.3. The molecule has 50 heavy (non-hydrogen) atoms. The molecular formula is C44H73N3O3. The fourth-order valence-electron chi connectivity index (χ4n) is 9.80. The number of hydrogen-bond acceptors (Lipinski definition) is 3. The van der Waals surface area contributed by atoms with Gasteiger partial charge in [0.2, 0.25) is 17.7 Å². The maximum absolute atomic E-state index is 13.3. The highest BCUT2D eigenvalue weighted by molar-refractivity contribution is 5.79. The number of unbranched alkanes of at least 4 members (excludes halogenated alkanes) is 4. The molecule has 0 aromatic rings. The second-order valence-corrected chi connectivity index (χ2v) is 16.7. The van der Waals surface area contributed by atoms with Crippen molar-refractivity contribution in [1.29, 1.82) is 0 Å². The molecule has 0 saturated heterocycles. The summed E-state index contributed by atoms with van der Waals surface area (Å²) in [7, 11) is 0. The topological polar surface area (TPSA) is 87.3 Å². The Morgan fingerprint density at radius 3 is 2.06 bits per heavy atom. The molecule has 0 heterocycles. The molecule has 0 spiro atoms. The minimum Gasteiger partial charge on any atom is -0.356 e. The Morgan fingerprint density at radius 2 is 1.36 bits per heavy atom. The maximum Gasteiger partial charge on any atom is 0.223 e. The summed E-state index contributed by atoms with van der Waals surface area (Å²) in [6.45, 7) is 10.3. The van der Waals surface area contributed by atoms with Gasteiger partial charge >= 0.3 is 0 Å². The van der Waals surface area contributed by atoms with E-state index in [9.17, 15) is 14.4 Å². The summed E-state index contributed by atoms with van der Waals surface area (Å²) < 4.78 is 0. The molecular weight excluding hydrogens is 619 g/mol. The predicted octanol–water partition coefficient (Wildman–Crippen LogP) is 10.2. The van der Waals surface area contributed by atoms with Gasteiger partial charge in [-0.05, 0) is 119 Å². The number of rotatable bonds is 16. The number of fused-ring (bicyclic) bond motifs is 1. The Kier molecular flexibility index (Phi) is 17.7. The summed E-state index contributed by atoms with van der Waals surface area (Å²) in [5.74, 6) is 1.56. The van der Waals surface area contributed by atoms with Crippen molar-refractivity contribution < 1.29 is 14.4 Å². The van der Waals surface area contributed by atoms with Gasteiger partial charge in [-0.15, -0.1) is 0 Å². The van der Waals surface area contributed by atoms with Crippen molar-refractivity contribution in [2.75, 3.05) is 13.1 Å². The third-order valence-corrected chi connectivity index (χ3v) is 12.9. The minimum absolute atomic E-state index is 0.0234. The van der Waals surface area contributed by atoms with Gasteiger partial charge in [0.15, 0.2) is 0 Å². The number of carbonyl (C=O) groups excluding carboxylic acids is 3.